The Morgan fingerprint density at radius 2 is 2.06 bits per heavy atom. The van der Waals surface area contributed by atoms with Crippen molar-refractivity contribution in [2.45, 2.75) is 50.4 Å². The molecule has 2 atom stereocenters. The monoisotopic (exact) mass is 246 g/mol. The topological polar surface area (TPSA) is 66.5 Å². The van der Waals surface area contributed by atoms with Crippen LogP contribution in [-0.2, 0) is 14.8 Å². The fraction of sp³-hybridized carbons (Fsp3) is 0.900. The van der Waals surface area contributed by atoms with Gasteiger partial charge in [-0.25, -0.2) is 12.7 Å². The van der Waals surface area contributed by atoms with E-state index in [1.165, 1.54) is 13.8 Å². The number of nitrogens with one attached hydrogen (secondary N) is 1. The lowest BCUT2D eigenvalue weighted by molar-refractivity contribution is -0.134. The zero-order valence-corrected chi connectivity index (χ0v) is 10.7. The molecule has 2 heterocycles. The SMILES string of the molecule is CC1NCCCC1N1C(=O)C(C)(C)S1(=O)=O. The van der Waals surface area contributed by atoms with Crippen LogP contribution in [0.25, 0.3) is 0 Å². The van der Waals surface area contributed by atoms with E-state index in [1.807, 2.05) is 6.92 Å². The van der Waals surface area contributed by atoms with E-state index < -0.39 is 14.8 Å². The highest BCUT2D eigenvalue weighted by Crippen LogP contribution is 2.38. The lowest BCUT2D eigenvalue weighted by Gasteiger charge is -2.49. The average Bonchev–Trinajstić information content (AvgIpc) is 2.20. The van der Waals surface area contributed by atoms with Crippen LogP contribution in [0, 0.1) is 0 Å². The molecule has 0 aromatic rings. The minimum atomic E-state index is -3.44. The van der Waals surface area contributed by atoms with Crippen LogP contribution in [0.15, 0.2) is 0 Å². The van der Waals surface area contributed by atoms with Gasteiger partial charge < -0.3 is 5.32 Å². The van der Waals surface area contributed by atoms with E-state index in [-0.39, 0.29) is 18.0 Å². The number of sulfonamides is 1. The molecule has 2 aliphatic rings. The lowest BCUT2D eigenvalue weighted by atomic mass is 9.98. The highest BCUT2D eigenvalue weighted by atomic mass is 32.2. The molecule has 2 aliphatic heterocycles. The van der Waals surface area contributed by atoms with Gasteiger partial charge in [0, 0.05) is 6.04 Å². The summed E-state index contributed by atoms with van der Waals surface area (Å²) in [5.74, 6) is -0.270. The molecule has 2 rings (SSSR count). The zero-order valence-electron chi connectivity index (χ0n) is 9.86. The van der Waals surface area contributed by atoms with E-state index in [1.54, 1.807) is 0 Å². The van der Waals surface area contributed by atoms with Crippen LogP contribution in [0.4, 0.5) is 0 Å². The number of rotatable bonds is 1. The normalized spacial score (nSPS) is 36.9. The van der Waals surface area contributed by atoms with Crippen LogP contribution in [0.5, 0.6) is 0 Å². The third kappa shape index (κ3) is 1.32. The van der Waals surface area contributed by atoms with Gasteiger partial charge in [0.05, 0.1) is 6.04 Å². The van der Waals surface area contributed by atoms with Gasteiger partial charge in [-0.1, -0.05) is 0 Å². The van der Waals surface area contributed by atoms with Gasteiger partial charge >= 0.3 is 0 Å². The maximum atomic E-state index is 12.0. The molecule has 0 bridgehead atoms. The molecule has 2 fully saturated rings. The first-order valence-corrected chi connectivity index (χ1v) is 7.06. The molecule has 6 heteroatoms. The maximum Gasteiger partial charge on any atom is 0.259 e. The second kappa shape index (κ2) is 3.43. The van der Waals surface area contributed by atoms with E-state index in [0.29, 0.717) is 0 Å². The van der Waals surface area contributed by atoms with E-state index in [0.717, 1.165) is 23.7 Å². The van der Waals surface area contributed by atoms with Crippen molar-refractivity contribution in [3.05, 3.63) is 0 Å². The standard InChI is InChI=1S/C10H18N2O3S/c1-7-8(5-4-6-11-7)12-9(13)10(2,3)16(12,14)15/h7-8,11H,4-6H2,1-3H3. The van der Waals surface area contributed by atoms with Gasteiger partial charge in [-0.3, -0.25) is 4.79 Å². The van der Waals surface area contributed by atoms with Crippen molar-refractivity contribution in [3.63, 3.8) is 0 Å². The summed E-state index contributed by atoms with van der Waals surface area (Å²) in [7, 11) is -3.44. The fourth-order valence-electron chi connectivity index (χ4n) is 2.37. The Hall–Kier alpha value is -0.620. The van der Waals surface area contributed by atoms with Crippen molar-refractivity contribution in [2.24, 2.45) is 0 Å². The number of piperidine rings is 1. The van der Waals surface area contributed by atoms with Gasteiger partial charge in [0.1, 0.15) is 0 Å². The molecule has 0 spiro atoms. The Bertz CT molecular complexity index is 416. The zero-order chi connectivity index (χ0) is 12.1. The van der Waals surface area contributed by atoms with E-state index in [9.17, 15) is 13.2 Å². The number of hydrogen-bond donors (Lipinski definition) is 1. The Morgan fingerprint density at radius 1 is 1.44 bits per heavy atom. The first-order chi connectivity index (χ1) is 7.30. The fourth-order valence-corrected chi connectivity index (χ4v) is 4.14. The molecule has 1 amide bonds. The molecule has 92 valence electrons. The average molecular weight is 246 g/mol. The Kier molecular flexibility index (Phi) is 2.54. The molecule has 5 nitrogen and oxygen atoms in total. The van der Waals surface area contributed by atoms with Gasteiger partial charge in [0.25, 0.3) is 15.9 Å². The van der Waals surface area contributed by atoms with Gasteiger partial charge in [-0.05, 0) is 40.2 Å². The molecule has 0 aromatic heterocycles. The number of carbonyl (C=O) groups is 1. The summed E-state index contributed by atoms with van der Waals surface area (Å²) >= 11 is 0. The number of amides is 1. The van der Waals surface area contributed by atoms with E-state index in [2.05, 4.69) is 5.32 Å². The first-order valence-electron chi connectivity index (χ1n) is 5.62. The smallest absolute Gasteiger partial charge is 0.259 e. The summed E-state index contributed by atoms with van der Waals surface area (Å²) in [6.45, 7) is 5.77. The quantitative estimate of drug-likeness (QED) is 0.711. The Morgan fingerprint density at radius 3 is 2.56 bits per heavy atom. The molecule has 0 aliphatic carbocycles. The van der Waals surface area contributed by atoms with Crippen molar-refractivity contribution in [3.8, 4) is 0 Å². The van der Waals surface area contributed by atoms with E-state index in [4.69, 9.17) is 0 Å². The molecule has 2 unspecified atom stereocenters. The van der Waals surface area contributed by atoms with Gasteiger partial charge in [-0.2, -0.15) is 0 Å². The maximum absolute atomic E-state index is 12.0. The third-order valence-electron chi connectivity index (χ3n) is 3.64. The van der Waals surface area contributed by atoms with Crippen LogP contribution in [0.3, 0.4) is 0 Å². The van der Waals surface area contributed by atoms with Crippen molar-refractivity contribution >= 4 is 15.9 Å². The molecule has 0 saturated carbocycles. The van der Waals surface area contributed by atoms with Crippen LogP contribution < -0.4 is 5.32 Å². The summed E-state index contributed by atoms with van der Waals surface area (Å²) in [5.41, 5.74) is 0. The van der Waals surface area contributed by atoms with Crippen LogP contribution in [0.1, 0.15) is 33.6 Å². The number of carbonyl (C=O) groups excluding carboxylic acids is 1. The summed E-state index contributed by atoms with van der Waals surface area (Å²) in [5, 5.41) is 3.21. The molecule has 0 aromatic carbocycles. The van der Waals surface area contributed by atoms with Crippen molar-refractivity contribution in [2.75, 3.05) is 6.54 Å². The third-order valence-corrected chi connectivity index (χ3v) is 6.06. The summed E-state index contributed by atoms with van der Waals surface area (Å²) in [4.78, 5) is 11.9. The molecular formula is C10H18N2O3S. The second-order valence-electron chi connectivity index (χ2n) is 5.07. The summed E-state index contributed by atoms with van der Waals surface area (Å²) in [6, 6.07) is -0.164. The second-order valence-corrected chi connectivity index (χ2v) is 7.43. The summed E-state index contributed by atoms with van der Waals surface area (Å²) in [6.07, 6.45) is 1.67. The van der Waals surface area contributed by atoms with Crippen LogP contribution >= 0.6 is 0 Å². The predicted octanol–water partition coefficient (Wildman–Crippen LogP) is 0.0775. The molecule has 2 saturated heterocycles. The highest BCUT2D eigenvalue weighted by Gasteiger charge is 2.62. The largest absolute Gasteiger partial charge is 0.312 e. The van der Waals surface area contributed by atoms with Gasteiger partial charge in [-0.15, -0.1) is 0 Å². The molecule has 16 heavy (non-hydrogen) atoms. The Labute approximate surface area is 96.2 Å². The minimum Gasteiger partial charge on any atom is -0.312 e. The number of nitrogens with zero attached hydrogens (tertiary/aromatic N) is 1. The van der Waals surface area contributed by atoms with Crippen molar-refractivity contribution < 1.29 is 13.2 Å². The predicted molar refractivity (Wildman–Crippen MR) is 60.3 cm³/mol. The van der Waals surface area contributed by atoms with Crippen LogP contribution in [0.2, 0.25) is 0 Å². The summed E-state index contributed by atoms with van der Waals surface area (Å²) < 4.78 is 23.9. The van der Waals surface area contributed by atoms with Crippen molar-refractivity contribution in [1.82, 2.24) is 9.62 Å². The molecular weight excluding hydrogens is 228 g/mol. The van der Waals surface area contributed by atoms with Crippen LogP contribution in [-0.4, -0.2) is 42.0 Å². The molecule has 1 N–H and O–H groups in total. The van der Waals surface area contributed by atoms with Gasteiger partial charge in [0.2, 0.25) is 0 Å². The molecule has 0 radical (unpaired) electrons. The minimum absolute atomic E-state index is 0.0450. The number of hydrogen-bond acceptors (Lipinski definition) is 4. The van der Waals surface area contributed by atoms with E-state index >= 15 is 0 Å². The van der Waals surface area contributed by atoms with Crippen molar-refractivity contribution in [1.29, 1.82) is 0 Å². The lowest BCUT2D eigenvalue weighted by Crippen LogP contribution is -2.72. The first kappa shape index (κ1) is 11.9. The highest BCUT2D eigenvalue weighted by molar-refractivity contribution is 7.94. The van der Waals surface area contributed by atoms with Gasteiger partial charge in [0.15, 0.2) is 4.75 Å². The Balaban J connectivity index is 2.27.